The summed E-state index contributed by atoms with van der Waals surface area (Å²) in [6, 6.07) is 6.43. The van der Waals surface area contributed by atoms with Crippen LogP contribution in [0.15, 0.2) is 24.3 Å². The van der Waals surface area contributed by atoms with Crippen molar-refractivity contribution in [2.24, 2.45) is 0 Å². The van der Waals surface area contributed by atoms with E-state index in [9.17, 15) is 9.18 Å². The third-order valence-corrected chi connectivity index (χ3v) is 2.44. The van der Waals surface area contributed by atoms with Crippen LogP contribution < -0.4 is 11.5 Å². The van der Waals surface area contributed by atoms with Gasteiger partial charge in [0, 0.05) is 11.1 Å². The van der Waals surface area contributed by atoms with Gasteiger partial charge in [-0.05, 0) is 13.0 Å². The Hall–Kier alpha value is -2.50. The predicted molar refractivity (Wildman–Crippen MR) is 66.3 cm³/mol. The molecular formula is C12H11FN4O. The molecule has 0 saturated carbocycles. The number of ketones is 1. The minimum absolute atomic E-state index is 0.0110. The first-order valence-corrected chi connectivity index (χ1v) is 5.19. The first kappa shape index (κ1) is 12.0. The van der Waals surface area contributed by atoms with E-state index in [2.05, 4.69) is 9.97 Å². The van der Waals surface area contributed by atoms with Gasteiger partial charge in [0.1, 0.15) is 5.69 Å². The molecule has 0 saturated heterocycles. The number of hydrogen-bond donors (Lipinski definition) is 2. The fourth-order valence-corrected chi connectivity index (χ4v) is 1.56. The highest BCUT2D eigenvalue weighted by Crippen LogP contribution is 2.25. The highest BCUT2D eigenvalue weighted by molar-refractivity contribution is 5.95. The predicted octanol–water partition coefficient (Wildman–Crippen LogP) is 1.65. The molecule has 0 fully saturated rings. The highest BCUT2D eigenvalue weighted by Gasteiger charge is 2.13. The van der Waals surface area contributed by atoms with Crippen molar-refractivity contribution >= 4 is 17.5 Å². The average molecular weight is 246 g/mol. The number of nitrogens with two attached hydrogens (primary N) is 2. The van der Waals surface area contributed by atoms with Gasteiger partial charge in [-0.2, -0.15) is 4.98 Å². The Bertz CT molecular complexity index is 627. The molecule has 2 rings (SSSR count). The van der Waals surface area contributed by atoms with Gasteiger partial charge < -0.3 is 11.5 Å². The van der Waals surface area contributed by atoms with Crippen LogP contribution in [0.1, 0.15) is 17.3 Å². The summed E-state index contributed by atoms with van der Waals surface area (Å²) < 4.78 is 13.8. The quantitative estimate of drug-likeness (QED) is 0.785. The average Bonchev–Trinajstić information content (AvgIpc) is 2.34. The fourth-order valence-electron chi connectivity index (χ4n) is 1.56. The van der Waals surface area contributed by atoms with Gasteiger partial charge in [-0.25, -0.2) is 9.37 Å². The number of Topliss-reactive ketones (excluding diaryl/α,β-unsaturated/α-hetero) is 1. The molecule has 1 aromatic carbocycles. The van der Waals surface area contributed by atoms with Gasteiger partial charge in [0.15, 0.2) is 17.4 Å². The van der Waals surface area contributed by atoms with Crippen molar-refractivity contribution in [3.05, 3.63) is 35.6 Å². The molecule has 0 radical (unpaired) electrons. The van der Waals surface area contributed by atoms with Crippen LogP contribution in [-0.2, 0) is 0 Å². The van der Waals surface area contributed by atoms with E-state index in [4.69, 9.17) is 11.5 Å². The van der Waals surface area contributed by atoms with Crippen LogP contribution in [0.4, 0.5) is 16.2 Å². The van der Waals surface area contributed by atoms with Crippen LogP contribution >= 0.6 is 0 Å². The van der Waals surface area contributed by atoms with E-state index in [1.54, 1.807) is 18.2 Å². The van der Waals surface area contributed by atoms with E-state index in [0.717, 1.165) is 0 Å². The molecule has 4 N–H and O–H groups in total. The standard InChI is InChI=1S/C12H11FN4O/c1-6(18)7-3-2-4-8(5-7)10-9(13)11(14)17-12(15)16-10/h2-5H,1H3,(H4,14,15,16,17). The molecule has 0 atom stereocenters. The number of halogens is 1. The van der Waals surface area contributed by atoms with Crippen molar-refractivity contribution in [3.63, 3.8) is 0 Å². The number of benzene rings is 1. The molecule has 1 aromatic heterocycles. The molecule has 0 bridgehead atoms. The van der Waals surface area contributed by atoms with E-state index >= 15 is 0 Å². The smallest absolute Gasteiger partial charge is 0.222 e. The Balaban J connectivity index is 2.62. The maximum absolute atomic E-state index is 13.8. The molecule has 0 aliphatic rings. The molecule has 2 aromatic rings. The van der Waals surface area contributed by atoms with Crippen LogP contribution in [0.3, 0.4) is 0 Å². The molecule has 1 heterocycles. The number of rotatable bonds is 2. The lowest BCUT2D eigenvalue weighted by Crippen LogP contribution is -2.05. The summed E-state index contributed by atoms with van der Waals surface area (Å²) in [5.74, 6) is -1.29. The van der Waals surface area contributed by atoms with Crippen molar-refractivity contribution in [3.8, 4) is 11.3 Å². The molecule has 0 spiro atoms. The van der Waals surface area contributed by atoms with Crippen molar-refractivity contribution in [2.45, 2.75) is 6.92 Å². The topological polar surface area (TPSA) is 94.9 Å². The fraction of sp³-hybridized carbons (Fsp3) is 0.0833. The zero-order valence-corrected chi connectivity index (χ0v) is 9.64. The number of hydrogen-bond acceptors (Lipinski definition) is 5. The summed E-state index contributed by atoms with van der Waals surface area (Å²) in [5, 5.41) is 0. The third-order valence-electron chi connectivity index (χ3n) is 2.44. The zero-order valence-electron chi connectivity index (χ0n) is 9.64. The molecule has 18 heavy (non-hydrogen) atoms. The molecule has 0 amide bonds. The molecule has 92 valence electrons. The summed E-state index contributed by atoms with van der Waals surface area (Å²) in [7, 11) is 0. The van der Waals surface area contributed by atoms with Gasteiger partial charge in [-0.3, -0.25) is 4.79 Å². The largest absolute Gasteiger partial charge is 0.381 e. The first-order valence-electron chi connectivity index (χ1n) is 5.19. The number of carbonyl (C=O) groups excluding carboxylic acids is 1. The monoisotopic (exact) mass is 246 g/mol. The molecule has 0 aliphatic heterocycles. The van der Waals surface area contributed by atoms with Gasteiger partial charge in [0.2, 0.25) is 5.95 Å². The van der Waals surface area contributed by atoms with E-state index in [-0.39, 0.29) is 23.2 Å². The van der Waals surface area contributed by atoms with Gasteiger partial charge in [-0.15, -0.1) is 0 Å². The summed E-state index contributed by atoms with van der Waals surface area (Å²) in [4.78, 5) is 18.6. The lowest BCUT2D eigenvalue weighted by atomic mass is 10.1. The molecule has 6 heteroatoms. The molecule has 0 aliphatic carbocycles. The lowest BCUT2D eigenvalue weighted by Gasteiger charge is -2.06. The summed E-state index contributed by atoms with van der Waals surface area (Å²) in [6.45, 7) is 1.43. The second-order valence-corrected chi connectivity index (χ2v) is 3.77. The van der Waals surface area contributed by atoms with Crippen molar-refractivity contribution < 1.29 is 9.18 Å². The number of aromatic nitrogens is 2. The molecular weight excluding hydrogens is 235 g/mol. The third kappa shape index (κ3) is 2.13. The van der Waals surface area contributed by atoms with E-state index in [1.165, 1.54) is 13.0 Å². The molecule has 0 unspecified atom stereocenters. The normalized spacial score (nSPS) is 10.3. The van der Waals surface area contributed by atoms with Crippen LogP contribution in [-0.4, -0.2) is 15.8 Å². The number of carbonyl (C=O) groups is 1. The second-order valence-electron chi connectivity index (χ2n) is 3.77. The maximum atomic E-state index is 13.8. The van der Waals surface area contributed by atoms with Crippen molar-refractivity contribution in [1.29, 1.82) is 0 Å². The van der Waals surface area contributed by atoms with Crippen LogP contribution in [0.5, 0.6) is 0 Å². The first-order chi connectivity index (χ1) is 8.49. The minimum Gasteiger partial charge on any atom is -0.381 e. The Labute approximate surface area is 103 Å². The number of nitrogen functional groups attached to an aromatic ring is 2. The summed E-state index contributed by atoms with van der Waals surface area (Å²) in [6.07, 6.45) is 0. The van der Waals surface area contributed by atoms with Gasteiger partial charge in [0.05, 0.1) is 0 Å². The van der Waals surface area contributed by atoms with E-state index < -0.39 is 5.82 Å². The van der Waals surface area contributed by atoms with Crippen molar-refractivity contribution in [2.75, 3.05) is 11.5 Å². The summed E-state index contributed by atoms with van der Waals surface area (Å²) >= 11 is 0. The van der Waals surface area contributed by atoms with Gasteiger partial charge in [0.25, 0.3) is 0 Å². The van der Waals surface area contributed by atoms with Crippen LogP contribution in [0, 0.1) is 5.82 Å². The van der Waals surface area contributed by atoms with E-state index in [0.29, 0.717) is 11.1 Å². The number of nitrogens with zero attached hydrogens (tertiary/aromatic N) is 2. The van der Waals surface area contributed by atoms with Crippen molar-refractivity contribution in [1.82, 2.24) is 9.97 Å². The van der Waals surface area contributed by atoms with Crippen LogP contribution in [0.25, 0.3) is 11.3 Å². The Morgan fingerprint density at radius 2 is 2.00 bits per heavy atom. The second kappa shape index (κ2) is 4.40. The number of anilines is 2. The highest BCUT2D eigenvalue weighted by atomic mass is 19.1. The minimum atomic E-state index is -0.745. The SMILES string of the molecule is CC(=O)c1cccc(-c2nc(N)nc(N)c2F)c1. The lowest BCUT2D eigenvalue weighted by molar-refractivity contribution is 0.101. The molecule has 5 nitrogen and oxygen atoms in total. The van der Waals surface area contributed by atoms with Gasteiger partial charge in [-0.1, -0.05) is 18.2 Å². The Kier molecular flexibility index (Phi) is 2.93. The van der Waals surface area contributed by atoms with E-state index in [1.807, 2.05) is 0 Å². The Morgan fingerprint density at radius 1 is 1.28 bits per heavy atom. The zero-order chi connectivity index (χ0) is 13.3. The van der Waals surface area contributed by atoms with Gasteiger partial charge >= 0.3 is 0 Å². The summed E-state index contributed by atoms with van der Waals surface area (Å²) in [5.41, 5.74) is 11.7. The Morgan fingerprint density at radius 3 is 2.67 bits per heavy atom. The van der Waals surface area contributed by atoms with Crippen LogP contribution in [0.2, 0.25) is 0 Å². The maximum Gasteiger partial charge on any atom is 0.222 e.